The van der Waals surface area contributed by atoms with Gasteiger partial charge in [-0.2, -0.15) is 0 Å². The number of hydrogen-bond donors (Lipinski definition) is 1. The van der Waals surface area contributed by atoms with Crippen LogP contribution in [0.5, 0.6) is 0 Å². The minimum absolute atomic E-state index is 0.180. The Morgan fingerprint density at radius 2 is 1.91 bits per heavy atom. The Labute approximate surface area is 143 Å². The summed E-state index contributed by atoms with van der Waals surface area (Å²) >= 11 is 11.9. The summed E-state index contributed by atoms with van der Waals surface area (Å²) in [5.74, 6) is 0. The summed E-state index contributed by atoms with van der Waals surface area (Å²) < 4.78 is 6.68. The lowest BCUT2D eigenvalue weighted by Gasteiger charge is -2.28. The number of morpholine rings is 1. The normalized spacial score (nSPS) is 17.5. The average molecular weight is 358 g/mol. The van der Waals surface area contributed by atoms with Crippen molar-refractivity contribution >= 4 is 34.1 Å². The van der Waals surface area contributed by atoms with Crippen LogP contribution in [0, 0.1) is 0 Å². The summed E-state index contributed by atoms with van der Waals surface area (Å²) in [5, 5.41) is 11.3. The Morgan fingerprint density at radius 3 is 2.65 bits per heavy atom. The van der Waals surface area contributed by atoms with Crippen molar-refractivity contribution in [1.82, 2.24) is 14.5 Å². The molecule has 2 heterocycles. The SMILES string of the molecule is O=c1c2cc(Cl)c(Cl)cc2ncn1C[C@H](O)CN1CCOCC1. The zero-order chi connectivity index (χ0) is 16.4. The molecule has 0 aliphatic carbocycles. The minimum atomic E-state index is -0.659. The van der Waals surface area contributed by atoms with Gasteiger partial charge in [-0.25, -0.2) is 4.98 Å². The lowest BCUT2D eigenvalue weighted by molar-refractivity contribution is 0.0113. The van der Waals surface area contributed by atoms with Crippen molar-refractivity contribution in [2.75, 3.05) is 32.8 Å². The molecule has 23 heavy (non-hydrogen) atoms. The van der Waals surface area contributed by atoms with Crippen molar-refractivity contribution < 1.29 is 9.84 Å². The summed E-state index contributed by atoms with van der Waals surface area (Å²) in [6, 6.07) is 3.08. The maximum absolute atomic E-state index is 12.5. The Kier molecular flexibility index (Phi) is 5.18. The maximum Gasteiger partial charge on any atom is 0.261 e. The molecule has 2 aromatic rings. The highest BCUT2D eigenvalue weighted by Gasteiger charge is 2.16. The van der Waals surface area contributed by atoms with E-state index in [1.165, 1.54) is 17.0 Å². The molecule has 1 aromatic carbocycles. The fraction of sp³-hybridized carbons (Fsp3) is 0.467. The van der Waals surface area contributed by atoms with E-state index in [4.69, 9.17) is 27.9 Å². The molecule has 124 valence electrons. The highest BCUT2D eigenvalue weighted by Crippen LogP contribution is 2.25. The molecule has 8 heteroatoms. The second-order valence-corrected chi connectivity index (χ2v) is 6.37. The predicted octanol–water partition coefficient (Wildman–Crippen LogP) is 1.40. The molecule has 1 aromatic heterocycles. The first kappa shape index (κ1) is 16.7. The van der Waals surface area contributed by atoms with Gasteiger partial charge in [0.1, 0.15) is 0 Å². The molecular weight excluding hydrogens is 341 g/mol. The largest absolute Gasteiger partial charge is 0.390 e. The third-order valence-electron chi connectivity index (χ3n) is 3.85. The summed E-state index contributed by atoms with van der Waals surface area (Å²) in [6.45, 7) is 3.59. The molecule has 1 fully saturated rings. The van der Waals surface area contributed by atoms with Gasteiger partial charge in [0.25, 0.3) is 5.56 Å². The van der Waals surface area contributed by atoms with Crippen molar-refractivity contribution in [2.24, 2.45) is 0 Å². The van der Waals surface area contributed by atoms with Gasteiger partial charge in [0.15, 0.2) is 0 Å². The minimum Gasteiger partial charge on any atom is -0.390 e. The maximum atomic E-state index is 12.5. The molecule has 1 aliphatic rings. The highest BCUT2D eigenvalue weighted by molar-refractivity contribution is 6.42. The van der Waals surface area contributed by atoms with Crippen molar-refractivity contribution in [3.63, 3.8) is 0 Å². The Balaban J connectivity index is 1.78. The average Bonchev–Trinajstić information content (AvgIpc) is 2.53. The van der Waals surface area contributed by atoms with E-state index in [2.05, 4.69) is 9.88 Å². The molecule has 0 spiro atoms. The number of ether oxygens (including phenoxy) is 1. The van der Waals surface area contributed by atoms with Crippen LogP contribution in [-0.4, -0.2) is 58.5 Å². The number of nitrogens with zero attached hydrogens (tertiary/aromatic N) is 3. The second-order valence-electron chi connectivity index (χ2n) is 5.55. The highest BCUT2D eigenvalue weighted by atomic mass is 35.5. The van der Waals surface area contributed by atoms with Crippen molar-refractivity contribution in [3.05, 3.63) is 38.9 Å². The van der Waals surface area contributed by atoms with Crippen LogP contribution in [0.2, 0.25) is 10.0 Å². The van der Waals surface area contributed by atoms with Gasteiger partial charge in [-0.1, -0.05) is 23.2 Å². The van der Waals surface area contributed by atoms with Gasteiger partial charge in [0.2, 0.25) is 0 Å². The van der Waals surface area contributed by atoms with Gasteiger partial charge < -0.3 is 9.84 Å². The molecule has 0 saturated carbocycles. The first-order valence-electron chi connectivity index (χ1n) is 7.37. The predicted molar refractivity (Wildman–Crippen MR) is 89.3 cm³/mol. The van der Waals surface area contributed by atoms with Crippen molar-refractivity contribution in [3.8, 4) is 0 Å². The lowest BCUT2D eigenvalue weighted by atomic mass is 10.2. The summed E-state index contributed by atoms with van der Waals surface area (Å²) in [5.41, 5.74) is 0.248. The molecule has 0 bridgehead atoms. The number of aromatic nitrogens is 2. The zero-order valence-electron chi connectivity index (χ0n) is 12.4. The summed E-state index contributed by atoms with van der Waals surface area (Å²) in [7, 11) is 0. The van der Waals surface area contributed by atoms with Gasteiger partial charge in [0.05, 0.1) is 53.1 Å². The third kappa shape index (κ3) is 3.84. The van der Waals surface area contributed by atoms with Crippen LogP contribution >= 0.6 is 23.2 Å². The number of halogens is 2. The smallest absolute Gasteiger partial charge is 0.261 e. The zero-order valence-corrected chi connectivity index (χ0v) is 13.9. The standard InChI is InChI=1S/C15H17Cl2N3O3/c16-12-5-11-14(6-13(12)17)18-9-20(15(11)22)8-10(21)7-19-1-3-23-4-2-19/h5-6,9-10,21H,1-4,7-8H2/t10-/m1/s1. The topological polar surface area (TPSA) is 67.6 Å². The van der Waals surface area contributed by atoms with E-state index in [9.17, 15) is 9.90 Å². The second kappa shape index (κ2) is 7.15. The van der Waals surface area contributed by atoms with Crippen LogP contribution < -0.4 is 5.56 Å². The van der Waals surface area contributed by atoms with Gasteiger partial charge in [-0.15, -0.1) is 0 Å². The van der Waals surface area contributed by atoms with E-state index in [-0.39, 0.29) is 12.1 Å². The molecular formula is C15H17Cl2N3O3. The van der Waals surface area contributed by atoms with Crippen LogP contribution in [0.4, 0.5) is 0 Å². The molecule has 6 nitrogen and oxygen atoms in total. The number of β-amino-alcohol motifs (C(OH)–C–C–N with tert-alkyl or cyclic N) is 1. The van der Waals surface area contributed by atoms with Crippen molar-refractivity contribution in [2.45, 2.75) is 12.6 Å². The third-order valence-corrected chi connectivity index (χ3v) is 4.57. The van der Waals surface area contributed by atoms with E-state index in [1.807, 2.05) is 0 Å². The molecule has 0 amide bonds. The molecule has 0 unspecified atom stereocenters. The van der Waals surface area contributed by atoms with Gasteiger partial charge in [-0.05, 0) is 12.1 Å². The van der Waals surface area contributed by atoms with Crippen LogP contribution in [0.25, 0.3) is 10.9 Å². The Morgan fingerprint density at radius 1 is 1.22 bits per heavy atom. The van der Waals surface area contributed by atoms with Crippen LogP contribution in [0.15, 0.2) is 23.3 Å². The molecule has 0 radical (unpaired) electrons. The Bertz CT molecular complexity index is 759. The van der Waals surface area contributed by atoms with Gasteiger partial charge in [-0.3, -0.25) is 14.3 Å². The Hall–Kier alpha value is -1.18. The summed E-state index contributed by atoms with van der Waals surface area (Å²) in [4.78, 5) is 18.8. The van der Waals surface area contributed by atoms with E-state index < -0.39 is 6.10 Å². The molecule has 1 aliphatic heterocycles. The first-order chi connectivity index (χ1) is 11.0. The van der Waals surface area contributed by atoms with E-state index in [0.29, 0.717) is 40.7 Å². The van der Waals surface area contributed by atoms with Crippen LogP contribution in [0.3, 0.4) is 0 Å². The van der Waals surface area contributed by atoms with E-state index >= 15 is 0 Å². The molecule has 3 rings (SSSR count). The quantitative estimate of drug-likeness (QED) is 0.895. The number of hydrogen-bond acceptors (Lipinski definition) is 5. The number of rotatable bonds is 4. The van der Waals surface area contributed by atoms with E-state index in [1.54, 1.807) is 6.07 Å². The van der Waals surface area contributed by atoms with Gasteiger partial charge in [0, 0.05) is 19.6 Å². The molecule has 1 saturated heterocycles. The van der Waals surface area contributed by atoms with Gasteiger partial charge >= 0.3 is 0 Å². The number of benzene rings is 1. The summed E-state index contributed by atoms with van der Waals surface area (Å²) in [6.07, 6.45) is 0.769. The fourth-order valence-corrected chi connectivity index (χ4v) is 2.97. The number of aliphatic hydroxyl groups excluding tert-OH is 1. The number of fused-ring (bicyclic) bond motifs is 1. The monoisotopic (exact) mass is 357 g/mol. The fourth-order valence-electron chi connectivity index (χ4n) is 2.65. The van der Waals surface area contributed by atoms with Crippen LogP contribution in [0.1, 0.15) is 0 Å². The first-order valence-corrected chi connectivity index (χ1v) is 8.12. The number of aliphatic hydroxyl groups is 1. The van der Waals surface area contributed by atoms with Crippen LogP contribution in [-0.2, 0) is 11.3 Å². The van der Waals surface area contributed by atoms with Crippen molar-refractivity contribution in [1.29, 1.82) is 0 Å². The van der Waals surface area contributed by atoms with E-state index in [0.717, 1.165) is 13.1 Å². The molecule has 1 atom stereocenters. The molecule has 1 N–H and O–H groups in total. The lowest BCUT2D eigenvalue weighted by Crippen LogP contribution is -2.42.